The maximum Gasteiger partial charge on any atom is 0.193 e. The maximum absolute atomic E-state index is 5.81. The lowest BCUT2D eigenvalue weighted by Gasteiger charge is -2.46. The number of nitrogens with zero attached hydrogens (tertiary/aromatic N) is 2. The molecule has 1 heterocycles. The van der Waals surface area contributed by atoms with Crippen molar-refractivity contribution in [1.82, 2.24) is 9.99 Å². The second-order valence-corrected chi connectivity index (χ2v) is 12.6. The minimum Gasteiger partial charge on any atom is -0.379 e. The SMILES string of the molecule is C[C@@H](NC(=S)N=[P@](c1ccccc1)(N1CCOCC1)C(C)(C)C)c1ccccc1. The summed E-state index contributed by atoms with van der Waals surface area (Å²) in [5.74, 6) is 0. The van der Waals surface area contributed by atoms with Gasteiger partial charge in [0.2, 0.25) is 0 Å². The summed E-state index contributed by atoms with van der Waals surface area (Å²) in [6, 6.07) is 21.2. The molecule has 4 nitrogen and oxygen atoms in total. The Morgan fingerprint density at radius 2 is 1.59 bits per heavy atom. The highest BCUT2D eigenvalue weighted by Gasteiger charge is 2.42. The predicted molar refractivity (Wildman–Crippen MR) is 128 cm³/mol. The second kappa shape index (κ2) is 9.53. The summed E-state index contributed by atoms with van der Waals surface area (Å²) < 4.78 is 13.5. The lowest BCUT2D eigenvalue weighted by molar-refractivity contribution is 0.0738. The molecular weight excluding hydrogens is 397 g/mol. The van der Waals surface area contributed by atoms with E-state index in [1.54, 1.807) is 0 Å². The van der Waals surface area contributed by atoms with Crippen LogP contribution in [0.3, 0.4) is 0 Å². The summed E-state index contributed by atoms with van der Waals surface area (Å²) in [6.45, 7) is 12.2. The minimum atomic E-state index is -2.14. The predicted octanol–water partition coefficient (Wildman–Crippen LogP) is 5.19. The van der Waals surface area contributed by atoms with Crippen molar-refractivity contribution in [3.05, 3.63) is 66.2 Å². The average Bonchev–Trinajstić information content (AvgIpc) is 2.73. The van der Waals surface area contributed by atoms with Crippen molar-refractivity contribution < 1.29 is 4.74 Å². The van der Waals surface area contributed by atoms with Gasteiger partial charge in [-0.15, -0.1) is 0 Å². The normalized spacial score (nSPS) is 18.5. The highest BCUT2D eigenvalue weighted by atomic mass is 32.1. The molecule has 6 heteroatoms. The van der Waals surface area contributed by atoms with Crippen molar-refractivity contribution in [2.24, 2.45) is 4.74 Å². The summed E-state index contributed by atoms with van der Waals surface area (Å²) >= 11 is 5.81. The standard InChI is InChI=1S/C23H32N3OPS/c1-19(20-11-7-5-8-12-20)24-22(29)25-28(23(2,3)4,21-13-9-6-10-14-21)26-15-17-27-18-16-26/h5-14,19H,15-18H2,1-4H3,(H,24,29)/t19-,28-/m1/s1. The molecule has 1 fully saturated rings. The molecule has 29 heavy (non-hydrogen) atoms. The molecule has 0 amide bonds. The highest BCUT2D eigenvalue weighted by molar-refractivity contribution is 7.81. The number of hydrogen-bond donors (Lipinski definition) is 1. The van der Waals surface area contributed by atoms with Crippen LogP contribution in [0.2, 0.25) is 0 Å². The zero-order valence-electron chi connectivity index (χ0n) is 17.8. The van der Waals surface area contributed by atoms with Gasteiger partial charge in [0.05, 0.1) is 26.5 Å². The monoisotopic (exact) mass is 429 g/mol. The van der Waals surface area contributed by atoms with Gasteiger partial charge in [-0.05, 0) is 24.7 Å². The number of morpholine rings is 1. The molecule has 156 valence electrons. The van der Waals surface area contributed by atoms with Crippen LogP contribution in [-0.4, -0.2) is 41.2 Å². The Balaban J connectivity index is 2.05. The van der Waals surface area contributed by atoms with E-state index in [1.807, 2.05) is 6.07 Å². The molecule has 0 unspecified atom stereocenters. The number of rotatable bonds is 4. The van der Waals surface area contributed by atoms with Crippen LogP contribution >= 0.6 is 19.4 Å². The first kappa shape index (κ1) is 22.2. The van der Waals surface area contributed by atoms with Crippen LogP contribution in [0.4, 0.5) is 0 Å². The summed E-state index contributed by atoms with van der Waals surface area (Å²) in [7, 11) is -2.14. The van der Waals surface area contributed by atoms with Crippen LogP contribution < -0.4 is 10.6 Å². The largest absolute Gasteiger partial charge is 0.379 e. The molecule has 0 saturated carbocycles. The highest BCUT2D eigenvalue weighted by Crippen LogP contribution is 2.62. The Morgan fingerprint density at radius 3 is 2.14 bits per heavy atom. The quantitative estimate of drug-likeness (QED) is 0.536. The van der Waals surface area contributed by atoms with Gasteiger partial charge in [-0.3, -0.25) is 4.67 Å². The Hall–Kier alpha value is -1.52. The van der Waals surface area contributed by atoms with Gasteiger partial charge in [0.15, 0.2) is 5.11 Å². The first-order valence-corrected chi connectivity index (χ1v) is 12.3. The van der Waals surface area contributed by atoms with Crippen molar-refractivity contribution in [3.63, 3.8) is 0 Å². The average molecular weight is 430 g/mol. The van der Waals surface area contributed by atoms with E-state index in [1.165, 1.54) is 10.9 Å². The van der Waals surface area contributed by atoms with E-state index < -0.39 is 7.21 Å². The Labute approximate surface area is 180 Å². The number of nitrogens with one attached hydrogen (secondary N) is 1. The van der Waals surface area contributed by atoms with E-state index in [2.05, 4.69) is 92.3 Å². The Morgan fingerprint density at radius 1 is 1.03 bits per heavy atom. The zero-order chi connectivity index (χ0) is 20.9. The van der Waals surface area contributed by atoms with Gasteiger partial charge in [-0.2, -0.15) is 0 Å². The van der Waals surface area contributed by atoms with Gasteiger partial charge in [-0.25, -0.2) is 4.74 Å². The van der Waals surface area contributed by atoms with Crippen LogP contribution in [0.25, 0.3) is 0 Å². The molecule has 0 aliphatic carbocycles. The first-order chi connectivity index (χ1) is 13.8. The molecule has 2 aromatic rings. The van der Waals surface area contributed by atoms with Crippen LogP contribution in [0.1, 0.15) is 39.3 Å². The van der Waals surface area contributed by atoms with E-state index in [-0.39, 0.29) is 11.2 Å². The summed E-state index contributed by atoms with van der Waals surface area (Å²) in [4.78, 5) is 0. The number of benzene rings is 2. The third kappa shape index (κ3) is 4.97. The van der Waals surface area contributed by atoms with Gasteiger partial charge in [-0.1, -0.05) is 81.4 Å². The summed E-state index contributed by atoms with van der Waals surface area (Å²) in [6.07, 6.45) is 0. The maximum atomic E-state index is 5.81. The van der Waals surface area contributed by atoms with E-state index in [4.69, 9.17) is 21.7 Å². The molecule has 0 spiro atoms. The van der Waals surface area contributed by atoms with E-state index >= 15 is 0 Å². The molecule has 1 aliphatic heterocycles. The molecule has 0 bridgehead atoms. The lowest BCUT2D eigenvalue weighted by atomic mass is 10.1. The van der Waals surface area contributed by atoms with Gasteiger partial charge in [0, 0.05) is 23.6 Å². The fourth-order valence-electron chi connectivity index (χ4n) is 3.90. The molecule has 1 N–H and O–H groups in total. The van der Waals surface area contributed by atoms with Crippen LogP contribution in [0.5, 0.6) is 0 Å². The molecule has 1 aliphatic rings. The number of hydrogen-bond acceptors (Lipinski definition) is 2. The van der Waals surface area contributed by atoms with Gasteiger partial charge in [0.25, 0.3) is 0 Å². The molecule has 1 saturated heterocycles. The third-order valence-electron chi connectivity index (χ3n) is 5.32. The third-order valence-corrected chi connectivity index (χ3v) is 10.3. The fourth-order valence-corrected chi connectivity index (χ4v) is 8.57. The zero-order valence-corrected chi connectivity index (χ0v) is 19.5. The van der Waals surface area contributed by atoms with Gasteiger partial charge < -0.3 is 10.1 Å². The first-order valence-electron chi connectivity index (χ1n) is 10.2. The lowest BCUT2D eigenvalue weighted by Crippen LogP contribution is -2.43. The van der Waals surface area contributed by atoms with Crippen molar-refractivity contribution >= 4 is 29.8 Å². The van der Waals surface area contributed by atoms with Crippen molar-refractivity contribution in [2.75, 3.05) is 26.3 Å². The number of thiocarbonyl (C=S) groups is 1. The van der Waals surface area contributed by atoms with Crippen molar-refractivity contribution in [1.29, 1.82) is 0 Å². The smallest absolute Gasteiger partial charge is 0.193 e. The van der Waals surface area contributed by atoms with Crippen LogP contribution in [0, 0.1) is 0 Å². The topological polar surface area (TPSA) is 36.9 Å². The van der Waals surface area contributed by atoms with E-state index in [9.17, 15) is 0 Å². The van der Waals surface area contributed by atoms with E-state index in [0.29, 0.717) is 5.11 Å². The molecule has 2 aromatic carbocycles. The number of ether oxygens (including phenoxy) is 1. The second-order valence-electron chi connectivity index (χ2n) is 8.36. The molecule has 0 radical (unpaired) electrons. The summed E-state index contributed by atoms with van der Waals surface area (Å²) in [5, 5.41) is 5.26. The van der Waals surface area contributed by atoms with Gasteiger partial charge >= 0.3 is 0 Å². The molecular formula is C23H32N3OPS. The van der Waals surface area contributed by atoms with Crippen molar-refractivity contribution in [3.8, 4) is 0 Å². The molecule has 2 atom stereocenters. The van der Waals surface area contributed by atoms with Crippen LogP contribution in [0.15, 0.2) is 65.4 Å². The molecule has 3 rings (SSSR count). The van der Waals surface area contributed by atoms with Crippen LogP contribution in [-0.2, 0) is 4.74 Å². The fraction of sp³-hybridized carbons (Fsp3) is 0.435. The summed E-state index contributed by atoms with van der Waals surface area (Å²) in [5.41, 5.74) is 1.20. The minimum absolute atomic E-state index is 0.0621. The van der Waals surface area contributed by atoms with E-state index in [0.717, 1.165) is 26.3 Å². The van der Waals surface area contributed by atoms with Gasteiger partial charge in [0.1, 0.15) is 0 Å². The van der Waals surface area contributed by atoms with Crippen molar-refractivity contribution in [2.45, 2.75) is 38.9 Å². The Kier molecular flexibility index (Phi) is 7.28. The molecule has 0 aromatic heterocycles. The Bertz CT molecular complexity index is 859.